The first-order valence-corrected chi connectivity index (χ1v) is 13.0. The van der Waals surface area contributed by atoms with E-state index in [4.69, 9.17) is 14.7 Å². The normalized spacial score (nSPS) is 12.9. The van der Waals surface area contributed by atoms with Gasteiger partial charge in [-0.3, -0.25) is 0 Å². The number of pyridine rings is 1. The third-order valence-corrected chi connectivity index (χ3v) is 6.97. The highest BCUT2D eigenvalue weighted by atomic mass is 32.1. The number of imidazole rings is 1. The first kappa shape index (κ1) is 23.2. The maximum atomic E-state index is 5.97. The molecule has 9 heteroatoms. The minimum absolute atomic E-state index is 0.358. The molecule has 8 nitrogen and oxygen atoms in total. The number of benzene rings is 2. The minimum Gasteiger partial charge on any atom is -0.431 e. The number of fused-ring (bicyclic) bond motifs is 1. The lowest BCUT2D eigenvalue weighted by Gasteiger charge is -2.12. The first-order chi connectivity index (χ1) is 18.1. The van der Waals surface area contributed by atoms with Crippen LogP contribution in [0, 0.1) is 13.8 Å². The zero-order chi connectivity index (χ0) is 25.4. The van der Waals surface area contributed by atoms with Crippen LogP contribution in [-0.4, -0.2) is 32.0 Å². The third-order valence-electron chi connectivity index (χ3n) is 6.32. The van der Waals surface area contributed by atoms with E-state index in [0.717, 1.165) is 51.4 Å². The van der Waals surface area contributed by atoms with Crippen molar-refractivity contribution in [1.29, 1.82) is 0 Å². The maximum absolute atomic E-state index is 5.97. The molecule has 0 amide bonds. The van der Waals surface area contributed by atoms with Crippen molar-refractivity contribution in [1.82, 2.24) is 19.5 Å². The smallest absolute Gasteiger partial charge is 0.278 e. The number of ether oxygens (including phenoxy) is 1. The van der Waals surface area contributed by atoms with Gasteiger partial charge in [0.05, 0.1) is 6.54 Å². The summed E-state index contributed by atoms with van der Waals surface area (Å²) in [6.07, 6.45) is 2.58. The molecule has 0 saturated heterocycles. The van der Waals surface area contributed by atoms with Gasteiger partial charge in [-0.15, -0.1) is 5.11 Å². The van der Waals surface area contributed by atoms with Crippen LogP contribution in [-0.2, 0) is 13.0 Å². The molecule has 0 saturated carbocycles. The van der Waals surface area contributed by atoms with Gasteiger partial charge in [-0.1, -0.05) is 42.5 Å². The van der Waals surface area contributed by atoms with Crippen LogP contribution in [0.2, 0.25) is 0 Å². The molecule has 1 aliphatic rings. The summed E-state index contributed by atoms with van der Waals surface area (Å²) in [4.78, 5) is 18.4. The molecule has 0 radical (unpaired) electrons. The first-order valence-electron chi connectivity index (χ1n) is 12.2. The highest BCUT2D eigenvalue weighted by molar-refractivity contribution is 7.11. The van der Waals surface area contributed by atoms with E-state index < -0.39 is 0 Å². The third kappa shape index (κ3) is 4.53. The zero-order valence-corrected chi connectivity index (χ0v) is 21.7. The van der Waals surface area contributed by atoms with Crippen LogP contribution in [0.3, 0.4) is 0 Å². The van der Waals surface area contributed by atoms with Crippen LogP contribution in [0.25, 0.3) is 22.3 Å². The summed E-state index contributed by atoms with van der Waals surface area (Å²) >= 11 is 1.45. The highest BCUT2D eigenvalue weighted by Gasteiger charge is 2.17. The molecule has 1 aliphatic heterocycles. The molecule has 0 spiro atoms. The van der Waals surface area contributed by atoms with E-state index in [9.17, 15) is 0 Å². The molecule has 5 aromatic rings. The molecule has 37 heavy (non-hydrogen) atoms. The number of aliphatic imine (C=N–C) groups is 1. The molecule has 6 rings (SSSR count). The number of aryl methyl sites for hydroxylation is 3. The van der Waals surface area contributed by atoms with Crippen LogP contribution < -0.4 is 4.74 Å². The Morgan fingerprint density at radius 3 is 2.59 bits per heavy atom. The lowest BCUT2D eigenvalue weighted by Crippen LogP contribution is -2.06. The second-order valence-corrected chi connectivity index (χ2v) is 9.75. The summed E-state index contributed by atoms with van der Waals surface area (Å²) in [6.45, 7) is 7.32. The summed E-state index contributed by atoms with van der Waals surface area (Å²) < 4.78 is 8.20. The van der Waals surface area contributed by atoms with Gasteiger partial charge in [-0.25, -0.2) is 19.9 Å². The highest BCUT2D eigenvalue weighted by Crippen LogP contribution is 2.33. The Morgan fingerprint density at radius 2 is 1.86 bits per heavy atom. The van der Waals surface area contributed by atoms with Crippen LogP contribution in [0.4, 0.5) is 0 Å². The predicted molar refractivity (Wildman–Crippen MR) is 146 cm³/mol. The summed E-state index contributed by atoms with van der Waals surface area (Å²) in [7, 11) is 0. The molecule has 2 aromatic carbocycles. The minimum atomic E-state index is 0.358. The second-order valence-electron chi connectivity index (χ2n) is 8.89. The fraction of sp³-hybridized carbons (Fsp3) is 0.214. The van der Waals surface area contributed by atoms with E-state index in [-0.39, 0.29) is 0 Å². The van der Waals surface area contributed by atoms with Gasteiger partial charge in [0, 0.05) is 29.3 Å². The Bertz CT molecular complexity index is 1650. The van der Waals surface area contributed by atoms with E-state index in [1.807, 2.05) is 30.5 Å². The Labute approximate surface area is 218 Å². The van der Waals surface area contributed by atoms with Gasteiger partial charge in [-0.05, 0) is 60.4 Å². The molecular formula is C28H25N7OS. The number of hydrogen-bond acceptors (Lipinski definition) is 8. The molecule has 0 aliphatic carbocycles. The SMILES string of the molecule is CCc1nc2c(C)cc(C)nc2n1Cc1ccc(-c2cc(Oc3nccs3)ccc2C2=NCN=N2)cc1. The molecule has 4 heterocycles. The second kappa shape index (κ2) is 9.67. The summed E-state index contributed by atoms with van der Waals surface area (Å²) in [5.74, 6) is 2.39. The van der Waals surface area contributed by atoms with Crippen molar-refractivity contribution in [2.75, 3.05) is 6.67 Å². The molecule has 0 fully saturated rings. The van der Waals surface area contributed by atoms with E-state index >= 15 is 0 Å². The topological polar surface area (TPSA) is 89.9 Å². The zero-order valence-electron chi connectivity index (χ0n) is 20.8. The predicted octanol–water partition coefficient (Wildman–Crippen LogP) is 6.74. The summed E-state index contributed by atoms with van der Waals surface area (Å²) in [5, 5.41) is 10.8. The Morgan fingerprint density at radius 1 is 1.00 bits per heavy atom. The van der Waals surface area contributed by atoms with Crippen molar-refractivity contribution in [2.45, 2.75) is 33.7 Å². The molecule has 0 N–H and O–H groups in total. The van der Waals surface area contributed by atoms with Crippen LogP contribution in [0.15, 0.2) is 75.3 Å². The fourth-order valence-electron chi connectivity index (χ4n) is 4.61. The van der Waals surface area contributed by atoms with E-state index in [1.165, 1.54) is 16.9 Å². The molecule has 184 valence electrons. The average Bonchev–Trinajstić information content (AvgIpc) is 3.67. The van der Waals surface area contributed by atoms with Gasteiger partial charge < -0.3 is 9.30 Å². The molecule has 0 atom stereocenters. The van der Waals surface area contributed by atoms with Gasteiger partial charge in [0.2, 0.25) is 0 Å². The van der Waals surface area contributed by atoms with Crippen molar-refractivity contribution >= 4 is 28.3 Å². The van der Waals surface area contributed by atoms with Crippen LogP contribution in [0.5, 0.6) is 10.9 Å². The van der Waals surface area contributed by atoms with Gasteiger partial charge in [-0.2, -0.15) is 5.11 Å². The van der Waals surface area contributed by atoms with Gasteiger partial charge in [0.15, 0.2) is 18.2 Å². The number of azo groups is 1. The summed E-state index contributed by atoms with van der Waals surface area (Å²) in [6, 6.07) is 16.6. The van der Waals surface area contributed by atoms with Crippen LogP contribution >= 0.6 is 11.3 Å². The number of nitrogens with zero attached hydrogens (tertiary/aromatic N) is 7. The number of hydrogen-bond donors (Lipinski definition) is 0. The number of rotatable bonds is 7. The Kier molecular flexibility index (Phi) is 6.05. The lowest BCUT2D eigenvalue weighted by atomic mass is 9.97. The van der Waals surface area contributed by atoms with Gasteiger partial charge in [0.25, 0.3) is 5.19 Å². The van der Waals surface area contributed by atoms with Crippen molar-refractivity contribution < 1.29 is 4.74 Å². The van der Waals surface area contributed by atoms with Crippen molar-refractivity contribution in [3.8, 4) is 22.1 Å². The number of amidine groups is 1. The maximum Gasteiger partial charge on any atom is 0.278 e. The van der Waals surface area contributed by atoms with Crippen LogP contribution in [0.1, 0.15) is 35.1 Å². The molecule has 0 unspecified atom stereocenters. The van der Waals surface area contributed by atoms with Gasteiger partial charge in [0.1, 0.15) is 17.1 Å². The Balaban J connectivity index is 1.35. The Hall–Kier alpha value is -4.24. The number of aromatic nitrogens is 4. The monoisotopic (exact) mass is 507 g/mol. The van der Waals surface area contributed by atoms with Crippen molar-refractivity contribution in [3.05, 3.63) is 88.3 Å². The van der Waals surface area contributed by atoms with Gasteiger partial charge >= 0.3 is 0 Å². The molecular weight excluding hydrogens is 482 g/mol. The van der Waals surface area contributed by atoms with E-state index in [2.05, 4.69) is 69.0 Å². The fourth-order valence-corrected chi connectivity index (χ4v) is 5.11. The lowest BCUT2D eigenvalue weighted by molar-refractivity contribution is 0.479. The summed E-state index contributed by atoms with van der Waals surface area (Å²) in [5.41, 5.74) is 8.20. The standard InChI is InChI=1S/C28H25N7OS/c1-4-24-33-25-17(2)13-18(3)32-27(25)35(24)15-19-5-7-20(8-6-19)23-14-21(36-28-29-11-12-37-28)9-10-22(23)26-30-16-31-34-26/h5-14H,4,15-16H2,1-3H3. The van der Waals surface area contributed by atoms with E-state index in [0.29, 0.717) is 30.0 Å². The quantitative estimate of drug-likeness (QED) is 0.244. The van der Waals surface area contributed by atoms with Crippen molar-refractivity contribution in [3.63, 3.8) is 0 Å². The molecule has 0 bridgehead atoms. The number of thiazole rings is 1. The molecule has 3 aromatic heterocycles. The average molecular weight is 508 g/mol. The van der Waals surface area contributed by atoms with Crippen molar-refractivity contribution in [2.24, 2.45) is 15.2 Å². The van der Waals surface area contributed by atoms with E-state index in [1.54, 1.807) is 6.20 Å². The largest absolute Gasteiger partial charge is 0.431 e.